The lowest BCUT2D eigenvalue weighted by Gasteiger charge is -2.15. The summed E-state index contributed by atoms with van der Waals surface area (Å²) in [5.41, 5.74) is 2.32. The van der Waals surface area contributed by atoms with Crippen molar-refractivity contribution in [2.45, 2.75) is 6.42 Å². The normalized spacial score (nSPS) is 11.9. The summed E-state index contributed by atoms with van der Waals surface area (Å²) in [5, 5.41) is 8.92. The van der Waals surface area contributed by atoms with Gasteiger partial charge in [-0.15, -0.1) is 0 Å². The highest BCUT2D eigenvalue weighted by atomic mass is 16.5. The number of para-hydroxylation sites is 2. The Kier molecular flexibility index (Phi) is 5.71. The van der Waals surface area contributed by atoms with Crippen LogP contribution in [0.1, 0.15) is 5.56 Å². The van der Waals surface area contributed by atoms with Gasteiger partial charge < -0.3 is 24.0 Å². The number of ether oxygens (including phenoxy) is 1. The molecule has 7 nitrogen and oxygen atoms in total. The molecule has 2 aromatic carbocycles. The lowest BCUT2D eigenvalue weighted by Crippen LogP contribution is -2.24. The molecule has 140 valence electrons. The molecule has 3 rings (SSSR count). The smallest absolute Gasteiger partial charge is 0.314 e. The molecule has 27 heavy (non-hydrogen) atoms. The van der Waals surface area contributed by atoms with Crippen LogP contribution >= 0.6 is 0 Å². The van der Waals surface area contributed by atoms with E-state index in [4.69, 9.17) is 14.3 Å². The number of carbonyl (C=O) groups excluding carboxylic acids is 1. The molecule has 0 spiro atoms. The van der Waals surface area contributed by atoms with Crippen LogP contribution in [-0.4, -0.2) is 42.5 Å². The van der Waals surface area contributed by atoms with Gasteiger partial charge >= 0.3 is 5.97 Å². The van der Waals surface area contributed by atoms with Gasteiger partial charge in [0.25, 0.3) is 6.01 Å². The Hall–Kier alpha value is -3.35. The first kappa shape index (κ1) is 18.4. The van der Waals surface area contributed by atoms with Gasteiger partial charge in [0.15, 0.2) is 5.58 Å². The number of aromatic nitrogens is 1. The van der Waals surface area contributed by atoms with Gasteiger partial charge in [-0.05, 0) is 36.2 Å². The number of likely N-dealkylation sites (N-methyl/N-ethyl adjacent to an activating group) is 1. The average Bonchev–Trinajstić information content (AvgIpc) is 3.11. The molecule has 3 aromatic rings. The van der Waals surface area contributed by atoms with E-state index >= 15 is 0 Å². The third kappa shape index (κ3) is 4.63. The minimum absolute atomic E-state index is 0.166. The maximum Gasteiger partial charge on any atom is 0.314 e. The van der Waals surface area contributed by atoms with Gasteiger partial charge in [0.05, 0.1) is 6.54 Å². The van der Waals surface area contributed by atoms with E-state index in [1.165, 1.54) is 0 Å². The number of carboxylic acids is 1. The van der Waals surface area contributed by atoms with Crippen molar-refractivity contribution in [2.24, 2.45) is 5.92 Å². The average molecular weight is 368 g/mol. The van der Waals surface area contributed by atoms with Crippen molar-refractivity contribution in [3.8, 4) is 5.75 Å². The third-order valence-corrected chi connectivity index (χ3v) is 4.17. The van der Waals surface area contributed by atoms with Crippen LogP contribution in [-0.2, 0) is 16.0 Å². The van der Waals surface area contributed by atoms with E-state index in [0.29, 0.717) is 31.2 Å². The molecule has 0 aliphatic heterocycles. The summed E-state index contributed by atoms with van der Waals surface area (Å²) in [6, 6.07) is 15.2. The van der Waals surface area contributed by atoms with E-state index in [0.717, 1.165) is 16.7 Å². The highest BCUT2D eigenvalue weighted by molar-refractivity contribution is 5.86. The molecule has 0 saturated heterocycles. The molecular weight excluding hydrogens is 348 g/mol. The standard InChI is InChI=1S/C20H20N2O5/c1-22(20-21-17-4-2-3-5-18(17)27-20)10-11-26-16-8-6-14(7-9-16)12-15(13-23)19(24)25/h2-9,13,15H,10-12H2,1H3,(H,24,25). The van der Waals surface area contributed by atoms with Crippen molar-refractivity contribution < 1.29 is 23.8 Å². The van der Waals surface area contributed by atoms with Crippen LogP contribution in [0, 0.1) is 5.92 Å². The zero-order valence-electron chi connectivity index (χ0n) is 14.9. The molecular formula is C20H20N2O5. The maximum atomic E-state index is 10.9. The predicted octanol–water partition coefficient (Wildman–Crippen LogP) is 2.79. The summed E-state index contributed by atoms with van der Waals surface area (Å²) in [7, 11) is 1.88. The lowest BCUT2D eigenvalue weighted by atomic mass is 10.0. The number of nitrogens with zero attached hydrogens (tertiary/aromatic N) is 2. The SMILES string of the molecule is CN(CCOc1ccc(CC(C=O)C(=O)O)cc1)c1nc2ccccc2o1. The van der Waals surface area contributed by atoms with Crippen molar-refractivity contribution in [2.75, 3.05) is 25.1 Å². The lowest BCUT2D eigenvalue weighted by molar-refractivity contribution is -0.143. The van der Waals surface area contributed by atoms with Crippen molar-refractivity contribution in [1.82, 2.24) is 4.98 Å². The summed E-state index contributed by atoms with van der Waals surface area (Å²) in [5.74, 6) is -1.48. The number of carboxylic acid groups (broad SMARTS) is 1. The number of hydrogen-bond acceptors (Lipinski definition) is 6. The highest BCUT2D eigenvalue weighted by Crippen LogP contribution is 2.20. The fourth-order valence-electron chi connectivity index (χ4n) is 2.59. The van der Waals surface area contributed by atoms with Gasteiger partial charge in [-0.2, -0.15) is 4.98 Å². The van der Waals surface area contributed by atoms with Gasteiger partial charge in [-0.1, -0.05) is 24.3 Å². The van der Waals surface area contributed by atoms with Gasteiger partial charge in [-0.25, -0.2) is 0 Å². The second kappa shape index (κ2) is 8.35. The largest absolute Gasteiger partial charge is 0.492 e. The Labute approximate surface area is 156 Å². The van der Waals surface area contributed by atoms with Crippen molar-refractivity contribution in [3.05, 3.63) is 54.1 Å². The summed E-state index contributed by atoms with van der Waals surface area (Å²) in [6.45, 7) is 1.02. The summed E-state index contributed by atoms with van der Waals surface area (Å²) >= 11 is 0. The zero-order valence-corrected chi connectivity index (χ0v) is 14.9. The zero-order chi connectivity index (χ0) is 19.2. The van der Waals surface area contributed by atoms with Crippen LogP contribution in [0.15, 0.2) is 52.9 Å². The van der Waals surface area contributed by atoms with Crippen LogP contribution in [0.3, 0.4) is 0 Å². The quantitative estimate of drug-likeness (QED) is 0.458. The van der Waals surface area contributed by atoms with Crippen LogP contribution in [0.5, 0.6) is 5.75 Å². The Balaban J connectivity index is 1.51. The topological polar surface area (TPSA) is 92.9 Å². The molecule has 0 fully saturated rings. The second-order valence-electron chi connectivity index (χ2n) is 6.16. The Bertz CT molecular complexity index is 887. The molecule has 7 heteroatoms. The van der Waals surface area contributed by atoms with E-state index in [1.54, 1.807) is 24.3 Å². The first-order chi connectivity index (χ1) is 13.1. The van der Waals surface area contributed by atoms with Gasteiger partial charge in [-0.3, -0.25) is 4.79 Å². The van der Waals surface area contributed by atoms with Crippen molar-refractivity contribution in [1.29, 1.82) is 0 Å². The molecule has 0 radical (unpaired) electrons. The fraction of sp³-hybridized carbons (Fsp3) is 0.250. The molecule has 1 unspecified atom stereocenters. The van der Waals surface area contributed by atoms with E-state index in [1.807, 2.05) is 36.2 Å². The number of anilines is 1. The van der Waals surface area contributed by atoms with Crippen molar-refractivity contribution >= 4 is 29.4 Å². The van der Waals surface area contributed by atoms with E-state index in [9.17, 15) is 9.59 Å². The van der Waals surface area contributed by atoms with E-state index in [-0.39, 0.29) is 6.42 Å². The third-order valence-electron chi connectivity index (χ3n) is 4.17. The summed E-state index contributed by atoms with van der Waals surface area (Å²) in [6.07, 6.45) is 0.619. The molecule has 1 N–H and O–H groups in total. The summed E-state index contributed by atoms with van der Waals surface area (Å²) < 4.78 is 11.4. The van der Waals surface area contributed by atoms with Crippen molar-refractivity contribution in [3.63, 3.8) is 0 Å². The molecule has 1 aromatic heterocycles. The van der Waals surface area contributed by atoms with Crippen LogP contribution in [0.25, 0.3) is 11.1 Å². The van der Waals surface area contributed by atoms with Gasteiger partial charge in [0, 0.05) is 7.05 Å². The van der Waals surface area contributed by atoms with Crippen LogP contribution in [0.4, 0.5) is 6.01 Å². The summed E-state index contributed by atoms with van der Waals surface area (Å²) in [4.78, 5) is 28.0. The molecule has 1 atom stereocenters. The number of carbonyl (C=O) groups is 2. The minimum atomic E-state index is -1.12. The minimum Gasteiger partial charge on any atom is -0.492 e. The number of fused-ring (bicyclic) bond motifs is 1. The number of aldehydes is 1. The molecule has 0 aliphatic carbocycles. The highest BCUT2D eigenvalue weighted by Gasteiger charge is 2.16. The fourth-order valence-corrected chi connectivity index (χ4v) is 2.59. The number of oxazole rings is 1. The van der Waals surface area contributed by atoms with E-state index in [2.05, 4.69) is 4.98 Å². The van der Waals surface area contributed by atoms with Crippen LogP contribution < -0.4 is 9.64 Å². The van der Waals surface area contributed by atoms with Crippen LogP contribution in [0.2, 0.25) is 0 Å². The van der Waals surface area contributed by atoms with Gasteiger partial charge in [0.1, 0.15) is 30.1 Å². The maximum absolute atomic E-state index is 10.9. The van der Waals surface area contributed by atoms with Gasteiger partial charge in [0.2, 0.25) is 0 Å². The number of rotatable bonds is 9. The number of benzene rings is 2. The second-order valence-corrected chi connectivity index (χ2v) is 6.16. The van der Waals surface area contributed by atoms with E-state index < -0.39 is 11.9 Å². The Morgan fingerprint density at radius 3 is 2.67 bits per heavy atom. The molecule has 0 bridgehead atoms. The first-order valence-corrected chi connectivity index (χ1v) is 8.53. The Morgan fingerprint density at radius 1 is 1.26 bits per heavy atom. The Morgan fingerprint density at radius 2 is 2.00 bits per heavy atom. The predicted molar refractivity (Wildman–Crippen MR) is 100 cm³/mol. The first-order valence-electron chi connectivity index (χ1n) is 8.53. The molecule has 0 aliphatic rings. The molecule has 0 saturated carbocycles. The monoisotopic (exact) mass is 368 g/mol. The molecule has 1 heterocycles. The number of aliphatic carboxylic acids is 1. The number of hydrogen-bond donors (Lipinski definition) is 1. The molecule has 0 amide bonds.